The van der Waals surface area contributed by atoms with E-state index in [2.05, 4.69) is 5.32 Å². The van der Waals surface area contributed by atoms with Crippen LogP contribution in [-0.2, 0) is 19.1 Å². The van der Waals surface area contributed by atoms with E-state index in [9.17, 15) is 14.4 Å². The highest BCUT2D eigenvalue weighted by Crippen LogP contribution is 2.21. The first-order valence-corrected chi connectivity index (χ1v) is 7.44. The van der Waals surface area contributed by atoms with Crippen molar-refractivity contribution in [3.8, 4) is 11.1 Å². The lowest BCUT2D eigenvalue weighted by Gasteiger charge is -2.20. The van der Waals surface area contributed by atoms with E-state index in [1.165, 1.54) is 6.92 Å². The van der Waals surface area contributed by atoms with Crippen LogP contribution in [0.2, 0.25) is 0 Å². The summed E-state index contributed by atoms with van der Waals surface area (Å²) < 4.78 is 5.17. The molecule has 0 bridgehead atoms. The van der Waals surface area contributed by atoms with E-state index in [1.54, 1.807) is 12.1 Å². The third-order valence-corrected chi connectivity index (χ3v) is 3.62. The Morgan fingerprint density at radius 2 is 1.58 bits per heavy atom. The van der Waals surface area contributed by atoms with Crippen molar-refractivity contribution in [3.05, 3.63) is 66.4 Å². The topological polar surface area (TPSA) is 72.5 Å². The molecule has 3 rings (SSSR count). The Hall–Kier alpha value is -3.21. The zero-order chi connectivity index (χ0) is 17.1. The van der Waals surface area contributed by atoms with Crippen molar-refractivity contribution in [2.24, 2.45) is 0 Å². The first kappa shape index (κ1) is 15.7. The lowest BCUT2D eigenvalue weighted by Crippen LogP contribution is -2.42. The summed E-state index contributed by atoms with van der Waals surface area (Å²) in [6, 6.07) is 17.0. The maximum absolute atomic E-state index is 12.2. The van der Waals surface area contributed by atoms with Crippen LogP contribution in [0.15, 0.2) is 66.4 Å². The van der Waals surface area contributed by atoms with Gasteiger partial charge in [-0.15, -0.1) is 0 Å². The third kappa shape index (κ3) is 3.25. The standard InChI is InChI=1S/C19H15NO4/c1-12-11-16(21)17(22)18(24-12)19(23)20-15-9-7-14(8-10-15)13-5-3-2-4-6-13/h2-11,18H,1H3,(H,20,23). The van der Waals surface area contributed by atoms with Crippen LogP contribution in [0.3, 0.4) is 0 Å². The molecule has 0 spiro atoms. The fourth-order valence-electron chi connectivity index (χ4n) is 2.42. The van der Waals surface area contributed by atoms with Gasteiger partial charge in [-0.2, -0.15) is 0 Å². The summed E-state index contributed by atoms with van der Waals surface area (Å²) in [6.07, 6.45) is -0.350. The number of benzene rings is 2. The number of nitrogens with one attached hydrogen (secondary N) is 1. The molecule has 2 aromatic carbocycles. The smallest absolute Gasteiger partial charge is 0.273 e. The molecule has 120 valence electrons. The predicted octanol–water partition coefficient (Wildman–Crippen LogP) is 2.73. The van der Waals surface area contributed by atoms with Gasteiger partial charge in [0.05, 0.1) is 5.76 Å². The number of hydrogen-bond donors (Lipinski definition) is 1. The van der Waals surface area contributed by atoms with E-state index in [0.717, 1.165) is 17.2 Å². The minimum Gasteiger partial charge on any atom is -0.477 e. The highest BCUT2D eigenvalue weighted by Gasteiger charge is 2.36. The van der Waals surface area contributed by atoms with Crippen LogP contribution in [-0.4, -0.2) is 23.6 Å². The normalized spacial score (nSPS) is 17.0. The molecular formula is C19H15NO4. The molecule has 1 aliphatic heterocycles. The fraction of sp³-hybridized carbons (Fsp3) is 0.105. The molecule has 0 radical (unpaired) electrons. The maximum atomic E-state index is 12.2. The average molecular weight is 321 g/mol. The number of carbonyl (C=O) groups excluding carboxylic acids is 3. The Balaban J connectivity index is 1.72. The molecular weight excluding hydrogens is 306 g/mol. The first-order chi connectivity index (χ1) is 11.5. The van der Waals surface area contributed by atoms with Crippen LogP contribution in [0.1, 0.15) is 6.92 Å². The molecule has 5 nitrogen and oxygen atoms in total. The summed E-state index contributed by atoms with van der Waals surface area (Å²) in [4.78, 5) is 35.4. The minimum absolute atomic E-state index is 0.249. The van der Waals surface area contributed by atoms with Crippen molar-refractivity contribution < 1.29 is 19.1 Å². The third-order valence-electron chi connectivity index (χ3n) is 3.62. The van der Waals surface area contributed by atoms with E-state index < -0.39 is 23.6 Å². The zero-order valence-corrected chi connectivity index (χ0v) is 13.0. The van der Waals surface area contributed by atoms with Gasteiger partial charge >= 0.3 is 0 Å². The number of Topliss-reactive ketones (excluding diaryl/α,β-unsaturated/α-hetero) is 1. The van der Waals surface area contributed by atoms with E-state index in [4.69, 9.17) is 4.74 Å². The minimum atomic E-state index is -1.43. The molecule has 5 heteroatoms. The average Bonchev–Trinajstić information content (AvgIpc) is 2.59. The summed E-state index contributed by atoms with van der Waals surface area (Å²) in [5.41, 5.74) is 2.59. The van der Waals surface area contributed by atoms with Gasteiger partial charge in [0.2, 0.25) is 11.9 Å². The molecule has 1 atom stereocenters. The van der Waals surface area contributed by atoms with Crippen LogP contribution in [0.5, 0.6) is 0 Å². The molecule has 1 aliphatic rings. The SMILES string of the molecule is CC1=CC(=O)C(=O)C(C(=O)Nc2ccc(-c3ccccc3)cc2)O1. The van der Waals surface area contributed by atoms with E-state index >= 15 is 0 Å². The maximum Gasteiger partial charge on any atom is 0.273 e. The van der Waals surface area contributed by atoms with Crippen LogP contribution < -0.4 is 5.32 Å². The highest BCUT2D eigenvalue weighted by atomic mass is 16.5. The van der Waals surface area contributed by atoms with Gasteiger partial charge in [-0.3, -0.25) is 14.4 Å². The Bertz CT molecular complexity index is 822. The van der Waals surface area contributed by atoms with E-state index in [-0.39, 0.29) is 5.76 Å². The summed E-state index contributed by atoms with van der Waals surface area (Å²) in [6.45, 7) is 1.53. The lowest BCUT2D eigenvalue weighted by atomic mass is 10.0. The number of ketones is 2. The fourth-order valence-corrected chi connectivity index (χ4v) is 2.42. The number of amides is 1. The van der Waals surface area contributed by atoms with Gasteiger partial charge in [-0.1, -0.05) is 42.5 Å². The molecule has 0 fully saturated rings. The molecule has 0 aromatic heterocycles. The Morgan fingerprint density at radius 3 is 2.25 bits per heavy atom. The van der Waals surface area contributed by atoms with Gasteiger partial charge in [-0.25, -0.2) is 0 Å². The second kappa shape index (κ2) is 6.50. The molecule has 1 heterocycles. The lowest BCUT2D eigenvalue weighted by molar-refractivity contribution is -0.146. The van der Waals surface area contributed by atoms with Gasteiger partial charge < -0.3 is 10.1 Å². The van der Waals surface area contributed by atoms with Crippen LogP contribution >= 0.6 is 0 Å². The largest absolute Gasteiger partial charge is 0.477 e. The number of ether oxygens (including phenoxy) is 1. The quantitative estimate of drug-likeness (QED) is 0.697. The second-order valence-electron chi connectivity index (χ2n) is 5.41. The van der Waals surface area contributed by atoms with Gasteiger partial charge in [0.15, 0.2) is 0 Å². The van der Waals surface area contributed by atoms with Crippen molar-refractivity contribution in [1.29, 1.82) is 0 Å². The van der Waals surface area contributed by atoms with Gasteiger partial charge in [0, 0.05) is 11.8 Å². The molecule has 1 amide bonds. The Kier molecular flexibility index (Phi) is 4.24. The zero-order valence-electron chi connectivity index (χ0n) is 13.0. The molecule has 1 unspecified atom stereocenters. The monoisotopic (exact) mass is 321 g/mol. The van der Waals surface area contributed by atoms with Crippen molar-refractivity contribution >= 4 is 23.2 Å². The number of hydrogen-bond acceptors (Lipinski definition) is 4. The number of carbonyl (C=O) groups is 3. The van der Waals surface area contributed by atoms with Crippen molar-refractivity contribution in [2.75, 3.05) is 5.32 Å². The van der Waals surface area contributed by atoms with Crippen LogP contribution in [0.4, 0.5) is 5.69 Å². The molecule has 0 aliphatic carbocycles. The first-order valence-electron chi connectivity index (χ1n) is 7.44. The van der Waals surface area contributed by atoms with E-state index in [1.807, 2.05) is 42.5 Å². The number of rotatable bonds is 3. The number of anilines is 1. The Morgan fingerprint density at radius 1 is 0.958 bits per heavy atom. The summed E-state index contributed by atoms with van der Waals surface area (Å²) in [5.74, 6) is -2.00. The van der Waals surface area contributed by atoms with E-state index in [0.29, 0.717) is 5.69 Å². The van der Waals surface area contributed by atoms with Gasteiger partial charge in [-0.05, 0) is 30.2 Å². The molecule has 0 saturated carbocycles. The van der Waals surface area contributed by atoms with Crippen LogP contribution in [0, 0.1) is 0 Å². The van der Waals surface area contributed by atoms with Gasteiger partial charge in [0.25, 0.3) is 11.7 Å². The van der Waals surface area contributed by atoms with Crippen molar-refractivity contribution in [3.63, 3.8) is 0 Å². The molecule has 0 saturated heterocycles. The summed E-state index contributed by atoms with van der Waals surface area (Å²) in [5, 5.41) is 2.60. The summed E-state index contributed by atoms with van der Waals surface area (Å²) in [7, 11) is 0. The summed E-state index contributed by atoms with van der Waals surface area (Å²) >= 11 is 0. The van der Waals surface area contributed by atoms with Crippen molar-refractivity contribution in [2.45, 2.75) is 13.0 Å². The molecule has 2 aromatic rings. The highest BCUT2D eigenvalue weighted by molar-refractivity contribution is 6.47. The Labute approximate surface area is 138 Å². The van der Waals surface area contributed by atoms with Gasteiger partial charge in [0.1, 0.15) is 0 Å². The van der Waals surface area contributed by atoms with Crippen LogP contribution in [0.25, 0.3) is 11.1 Å². The number of allylic oxidation sites excluding steroid dienone is 2. The molecule has 24 heavy (non-hydrogen) atoms. The molecule has 1 N–H and O–H groups in total. The second-order valence-corrected chi connectivity index (χ2v) is 5.41. The predicted molar refractivity (Wildman–Crippen MR) is 89.2 cm³/mol. The van der Waals surface area contributed by atoms with Crippen molar-refractivity contribution in [1.82, 2.24) is 0 Å².